The van der Waals surface area contributed by atoms with Gasteiger partial charge in [0.05, 0.1) is 0 Å². The molecule has 1 aliphatic carbocycles. The summed E-state index contributed by atoms with van der Waals surface area (Å²) < 4.78 is 0. The third-order valence-corrected chi connectivity index (χ3v) is 4.32. The van der Waals surface area contributed by atoms with Crippen molar-refractivity contribution in [3.8, 4) is 0 Å². The molecule has 116 valence electrons. The molecule has 0 aromatic heterocycles. The van der Waals surface area contributed by atoms with Crippen LogP contribution in [0.15, 0.2) is 12.2 Å². The fourth-order valence-corrected chi connectivity index (χ4v) is 3.03. The number of hydrogen-bond acceptors (Lipinski definition) is 2. The molecule has 1 unspecified atom stereocenters. The number of carbonyl (C=O) groups excluding carboxylic acids is 1. The summed E-state index contributed by atoms with van der Waals surface area (Å²) in [6.45, 7) is 0. The maximum Gasteiger partial charge on any atom is 1.00 e. The molecule has 0 heterocycles. The minimum absolute atomic E-state index is 0. The third-order valence-electron chi connectivity index (χ3n) is 4.32. The van der Waals surface area contributed by atoms with E-state index < -0.39 is 5.97 Å². The van der Waals surface area contributed by atoms with E-state index in [0.29, 0.717) is 0 Å². The molecular formula is C18H31NaO2. The van der Waals surface area contributed by atoms with Crippen molar-refractivity contribution in [1.82, 2.24) is 0 Å². The number of carboxylic acids is 1. The first-order chi connectivity index (χ1) is 9.79. The first-order valence-corrected chi connectivity index (χ1v) is 8.65. The Bertz CT molecular complexity index is 276. The molecule has 1 atom stereocenters. The molecule has 0 bridgehead atoms. The van der Waals surface area contributed by atoms with Crippen LogP contribution in [0.4, 0.5) is 0 Å². The Hall–Kier alpha value is 0.210. The van der Waals surface area contributed by atoms with Crippen LogP contribution < -0.4 is 34.7 Å². The molecule has 0 saturated heterocycles. The second-order valence-electron chi connectivity index (χ2n) is 6.21. The van der Waals surface area contributed by atoms with Gasteiger partial charge in [0.1, 0.15) is 0 Å². The smallest absolute Gasteiger partial charge is 0.550 e. The molecule has 0 spiro atoms. The Morgan fingerprint density at radius 1 is 0.905 bits per heavy atom. The SMILES string of the molecule is O=C([O-])CCCCCCCCCCCCC1C=CCC1.[Na+]. The van der Waals surface area contributed by atoms with E-state index in [-0.39, 0.29) is 36.0 Å². The van der Waals surface area contributed by atoms with Crippen LogP contribution in [0.3, 0.4) is 0 Å². The van der Waals surface area contributed by atoms with Crippen molar-refractivity contribution in [2.24, 2.45) is 5.92 Å². The van der Waals surface area contributed by atoms with Crippen molar-refractivity contribution in [2.45, 2.75) is 89.9 Å². The largest absolute Gasteiger partial charge is 1.00 e. The average Bonchev–Trinajstić information content (AvgIpc) is 2.93. The molecule has 0 N–H and O–H groups in total. The monoisotopic (exact) mass is 302 g/mol. The molecule has 0 aromatic carbocycles. The van der Waals surface area contributed by atoms with Crippen molar-refractivity contribution in [1.29, 1.82) is 0 Å². The molecule has 0 saturated carbocycles. The predicted molar refractivity (Wildman–Crippen MR) is 82.3 cm³/mol. The van der Waals surface area contributed by atoms with E-state index in [1.54, 1.807) is 0 Å². The number of hydrogen-bond donors (Lipinski definition) is 0. The molecule has 0 fully saturated rings. The molecule has 0 amide bonds. The van der Waals surface area contributed by atoms with Crippen LogP contribution in [0, 0.1) is 5.92 Å². The third kappa shape index (κ3) is 13.6. The summed E-state index contributed by atoms with van der Waals surface area (Å²) in [6, 6.07) is 0. The van der Waals surface area contributed by atoms with Crippen LogP contribution in [0.25, 0.3) is 0 Å². The zero-order valence-electron chi connectivity index (χ0n) is 13.9. The van der Waals surface area contributed by atoms with E-state index in [1.165, 1.54) is 70.6 Å². The normalized spacial score (nSPS) is 16.9. The summed E-state index contributed by atoms with van der Waals surface area (Å²) in [7, 11) is 0. The number of carboxylic acid groups (broad SMARTS) is 1. The van der Waals surface area contributed by atoms with Gasteiger partial charge in [0.25, 0.3) is 0 Å². The summed E-state index contributed by atoms with van der Waals surface area (Å²) in [5.74, 6) is -0.0194. The molecular weight excluding hydrogens is 271 g/mol. The second-order valence-corrected chi connectivity index (χ2v) is 6.21. The molecule has 0 aromatic rings. The second kappa shape index (κ2) is 15.1. The van der Waals surface area contributed by atoms with Gasteiger partial charge < -0.3 is 9.90 Å². The van der Waals surface area contributed by atoms with E-state index in [1.807, 2.05) is 0 Å². The van der Waals surface area contributed by atoms with Gasteiger partial charge in [0.2, 0.25) is 0 Å². The van der Waals surface area contributed by atoms with Gasteiger partial charge in [-0.2, -0.15) is 0 Å². The van der Waals surface area contributed by atoms with Gasteiger partial charge in [-0.15, -0.1) is 0 Å². The molecule has 3 heteroatoms. The molecule has 21 heavy (non-hydrogen) atoms. The summed E-state index contributed by atoms with van der Waals surface area (Å²) in [6.07, 6.45) is 21.6. The Labute approximate surface area is 153 Å². The predicted octanol–water partition coefficient (Wildman–Crippen LogP) is 1.39. The summed E-state index contributed by atoms with van der Waals surface area (Å²) in [5.41, 5.74) is 0. The number of aliphatic carboxylic acids is 1. The van der Waals surface area contributed by atoms with Gasteiger partial charge in [-0.1, -0.05) is 69.9 Å². The maximum atomic E-state index is 10.2. The zero-order valence-corrected chi connectivity index (χ0v) is 15.9. The van der Waals surface area contributed by atoms with Crippen molar-refractivity contribution in [3.05, 3.63) is 12.2 Å². The van der Waals surface area contributed by atoms with E-state index in [0.717, 1.165) is 18.8 Å². The average molecular weight is 302 g/mol. The minimum Gasteiger partial charge on any atom is -0.550 e. The van der Waals surface area contributed by atoms with Gasteiger partial charge in [-0.3, -0.25) is 0 Å². The van der Waals surface area contributed by atoms with Crippen molar-refractivity contribution < 1.29 is 39.5 Å². The van der Waals surface area contributed by atoms with Crippen LogP contribution in [0.2, 0.25) is 0 Å². The van der Waals surface area contributed by atoms with Crippen LogP contribution in [-0.4, -0.2) is 5.97 Å². The van der Waals surface area contributed by atoms with Gasteiger partial charge in [0.15, 0.2) is 0 Å². The van der Waals surface area contributed by atoms with Crippen molar-refractivity contribution in [3.63, 3.8) is 0 Å². The van der Waals surface area contributed by atoms with E-state index in [9.17, 15) is 9.90 Å². The minimum atomic E-state index is -0.905. The number of rotatable bonds is 13. The zero-order chi connectivity index (χ0) is 14.5. The first-order valence-electron chi connectivity index (χ1n) is 8.65. The van der Waals surface area contributed by atoms with Crippen molar-refractivity contribution in [2.75, 3.05) is 0 Å². The fourth-order valence-electron chi connectivity index (χ4n) is 3.03. The Balaban J connectivity index is 0.00000400. The van der Waals surface area contributed by atoms with Crippen LogP contribution in [-0.2, 0) is 4.79 Å². The molecule has 2 nitrogen and oxygen atoms in total. The van der Waals surface area contributed by atoms with Gasteiger partial charge >= 0.3 is 29.6 Å². The van der Waals surface area contributed by atoms with Crippen molar-refractivity contribution >= 4 is 5.97 Å². The van der Waals surface area contributed by atoms with E-state index in [2.05, 4.69) is 12.2 Å². The molecule has 0 aliphatic heterocycles. The number of allylic oxidation sites excluding steroid dienone is 2. The summed E-state index contributed by atoms with van der Waals surface area (Å²) in [5, 5.41) is 10.2. The van der Waals surface area contributed by atoms with Gasteiger partial charge in [-0.25, -0.2) is 0 Å². The Morgan fingerprint density at radius 2 is 1.43 bits per heavy atom. The van der Waals surface area contributed by atoms with Crippen LogP contribution >= 0.6 is 0 Å². The number of unbranched alkanes of at least 4 members (excludes halogenated alkanes) is 9. The molecule has 1 aliphatic rings. The molecule has 1 rings (SSSR count). The number of carbonyl (C=O) groups is 1. The summed E-state index contributed by atoms with van der Waals surface area (Å²) >= 11 is 0. The van der Waals surface area contributed by atoms with E-state index >= 15 is 0 Å². The Kier molecular flexibility index (Phi) is 15.3. The quantitative estimate of drug-likeness (QED) is 0.293. The van der Waals surface area contributed by atoms with Gasteiger partial charge in [0, 0.05) is 5.97 Å². The van der Waals surface area contributed by atoms with Gasteiger partial charge in [-0.05, 0) is 38.0 Å². The Morgan fingerprint density at radius 3 is 1.90 bits per heavy atom. The topological polar surface area (TPSA) is 40.1 Å². The van der Waals surface area contributed by atoms with Crippen LogP contribution in [0.1, 0.15) is 89.9 Å². The first kappa shape index (κ1) is 21.2. The molecule has 0 radical (unpaired) electrons. The fraction of sp³-hybridized carbons (Fsp3) is 0.833. The maximum absolute atomic E-state index is 10.2. The summed E-state index contributed by atoms with van der Waals surface area (Å²) in [4.78, 5) is 10.2. The van der Waals surface area contributed by atoms with Crippen LogP contribution in [0.5, 0.6) is 0 Å². The standard InChI is InChI=1S/C18H32O2.Na/c19-18(20)16-10-8-6-4-2-1-3-5-7-9-13-17-14-11-12-15-17;/h11,14,17H,1-10,12-13,15-16H2,(H,19,20);/q;+1/p-1. The van der Waals surface area contributed by atoms with E-state index in [4.69, 9.17) is 0 Å².